The van der Waals surface area contributed by atoms with Crippen LogP contribution in [-0.4, -0.2) is 34.5 Å². The minimum atomic E-state index is -0.891. The molecule has 0 bridgehead atoms. The molecule has 8 nitrogen and oxygen atoms in total. The highest BCUT2D eigenvalue weighted by Crippen LogP contribution is 2.27. The van der Waals surface area contributed by atoms with E-state index in [4.69, 9.17) is 10.3 Å². The van der Waals surface area contributed by atoms with Gasteiger partial charge in [0.25, 0.3) is 11.6 Å². The third-order valence-corrected chi connectivity index (χ3v) is 4.44. The van der Waals surface area contributed by atoms with Gasteiger partial charge in [-0.25, -0.2) is 4.39 Å². The molecule has 0 unspecified atom stereocenters. The van der Waals surface area contributed by atoms with Crippen molar-refractivity contribution in [2.45, 2.75) is 12.8 Å². The number of benzene rings is 2. The predicted octanol–water partition coefficient (Wildman–Crippen LogP) is 3.68. The first-order valence-electron chi connectivity index (χ1n) is 8.86. The summed E-state index contributed by atoms with van der Waals surface area (Å²) in [5.41, 5.74) is 6.15. The van der Waals surface area contributed by atoms with E-state index in [9.17, 15) is 19.3 Å². The van der Waals surface area contributed by atoms with E-state index in [0.29, 0.717) is 31.2 Å². The third-order valence-electron chi connectivity index (χ3n) is 4.44. The van der Waals surface area contributed by atoms with Crippen LogP contribution in [0.4, 0.5) is 15.8 Å². The molecule has 0 saturated heterocycles. The van der Waals surface area contributed by atoms with Gasteiger partial charge in [-0.1, -0.05) is 35.5 Å². The lowest BCUT2D eigenvalue weighted by Crippen LogP contribution is -2.29. The molecule has 0 radical (unpaired) electrons. The van der Waals surface area contributed by atoms with Crippen molar-refractivity contribution in [2.24, 2.45) is 0 Å². The van der Waals surface area contributed by atoms with Crippen molar-refractivity contribution in [1.29, 1.82) is 0 Å². The summed E-state index contributed by atoms with van der Waals surface area (Å²) in [6, 6.07) is 13.0. The second-order valence-electron chi connectivity index (χ2n) is 6.52. The molecule has 0 aliphatic carbocycles. The number of nitro groups is 1. The fraction of sp³-hybridized carbons (Fsp3) is 0.200. The Labute approximate surface area is 165 Å². The number of halogens is 1. The number of nitrogens with two attached hydrogens (primary N) is 1. The van der Waals surface area contributed by atoms with Crippen molar-refractivity contribution in [3.8, 4) is 11.3 Å². The molecule has 1 amide bonds. The summed E-state index contributed by atoms with van der Waals surface area (Å²) in [6.07, 6.45) is 1.10. The number of anilines is 1. The van der Waals surface area contributed by atoms with Gasteiger partial charge in [0.2, 0.25) is 0 Å². The Morgan fingerprint density at radius 3 is 2.69 bits per heavy atom. The van der Waals surface area contributed by atoms with Crippen molar-refractivity contribution in [3.63, 3.8) is 0 Å². The topological polar surface area (TPSA) is 116 Å². The van der Waals surface area contributed by atoms with Crippen LogP contribution in [-0.2, 0) is 6.42 Å². The van der Waals surface area contributed by atoms with E-state index in [1.165, 1.54) is 11.9 Å². The standard InChI is InChI=1S/C20H19FN4O4/c1-24(20(26)16-10-14(21)11-18(19(16)22)25(27)28)9-5-8-15-12-17(23-29-15)13-6-3-2-4-7-13/h2-4,6-7,10-12H,5,8-9,22H2,1H3. The highest BCUT2D eigenvalue weighted by molar-refractivity contribution is 6.00. The second kappa shape index (κ2) is 8.51. The van der Waals surface area contributed by atoms with Gasteiger partial charge < -0.3 is 15.2 Å². The summed E-state index contributed by atoms with van der Waals surface area (Å²) in [5.74, 6) is -0.809. The monoisotopic (exact) mass is 398 g/mol. The van der Waals surface area contributed by atoms with Crippen LogP contribution in [0, 0.1) is 15.9 Å². The molecular weight excluding hydrogens is 379 g/mol. The Bertz CT molecular complexity index is 1040. The van der Waals surface area contributed by atoms with Gasteiger partial charge in [-0.3, -0.25) is 14.9 Å². The Morgan fingerprint density at radius 2 is 2.00 bits per heavy atom. The SMILES string of the molecule is CN(CCCc1cc(-c2ccccc2)no1)C(=O)c1cc(F)cc([N+](=O)[O-])c1N. The van der Waals surface area contributed by atoms with E-state index in [1.807, 2.05) is 36.4 Å². The number of aromatic nitrogens is 1. The Kier molecular flexibility index (Phi) is 5.87. The average molecular weight is 398 g/mol. The first-order valence-corrected chi connectivity index (χ1v) is 8.86. The molecular formula is C20H19FN4O4. The van der Waals surface area contributed by atoms with Gasteiger partial charge in [0, 0.05) is 31.6 Å². The van der Waals surface area contributed by atoms with Crippen LogP contribution in [0.2, 0.25) is 0 Å². The first kappa shape index (κ1) is 20.0. The number of carbonyl (C=O) groups is 1. The molecule has 2 aromatic carbocycles. The lowest BCUT2D eigenvalue weighted by Gasteiger charge is -2.17. The van der Waals surface area contributed by atoms with Crippen molar-refractivity contribution >= 4 is 17.3 Å². The van der Waals surface area contributed by atoms with Crippen LogP contribution in [0.3, 0.4) is 0 Å². The van der Waals surface area contributed by atoms with E-state index in [-0.39, 0.29) is 11.3 Å². The maximum absolute atomic E-state index is 13.7. The number of nitro benzene ring substituents is 1. The van der Waals surface area contributed by atoms with Crippen LogP contribution in [0.1, 0.15) is 22.5 Å². The number of rotatable bonds is 7. The molecule has 0 fully saturated rings. The summed E-state index contributed by atoms with van der Waals surface area (Å²) in [5, 5.41) is 15.0. The van der Waals surface area contributed by atoms with Gasteiger partial charge in [-0.2, -0.15) is 0 Å². The zero-order valence-corrected chi connectivity index (χ0v) is 15.7. The summed E-state index contributed by atoms with van der Waals surface area (Å²) in [4.78, 5) is 24.0. The van der Waals surface area contributed by atoms with Crippen molar-refractivity contribution in [1.82, 2.24) is 10.1 Å². The van der Waals surface area contributed by atoms with E-state index in [2.05, 4.69) is 5.16 Å². The van der Waals surface area contributed by atoms with Gasteiger partial charge in [0.15, 0.2) is 0 Å². The molecule has 1 heterocycles. The van der Waals surface area contributed by atoms with Gasteiger partial charge in [-0.15, -0.1) is 0 Å². The quantitative estimate of drug-likeness (QED) is 0.369. The fourth-order valence-corrected chi connectivity index (χ4v) is 2.91. The van der Waals surface area contributed by atoms with E-state index in [0.717, 1.165) is 17.3 Å². The lowest BCUT2D eigenvalue weighted by molar-refractivity contribution is -0.384. The zero-order chi connectivity index (χ0) is 21.0. The molecule has 0 atom stereocenters. The van der Waals surface area contributed by atoms with Crippen molar-refractivity contribution in [3.05, 3.63) is 75.8 Å². The number of carbonyl (C=O) groups excluding carboxylic acids is 1. The van der Waals surface area contributed by atoms with Crippen LogP contribution < -0.4 is 5.73 Å². The molecule has 0 aliphatic rings. The molecule has 1 aromatic heterocycles. The number of nitrogen functional groups attached to an aromatic ring is 1. The van der Waals surface area contributed by atoms with Gasteiger partial charge in [-0.05, 0) is 12.5 Å². The van der Waals surface area contributed by atoms with Gasteiger partial charge in [0.05, 0.1) is 16.6 Å². The Balaban J connectivity index is 1.62. The minimum Gasteiger partial charge on any atom is -0.393 e. The maximum Gasteiger partial charge on any atom is 0.295 e. The normalized spacial score (nSPS) is 10.7. The molecule has 29 heavy (non-hydrogen) atoms. The summed E-state index contributed by atoms with van der Waals surface area (Å²) >= 11 is 0. The molecule has 0 spiro atoms. The molecule has 3 aromatic rings. The molecule has 0 aliphatic heterocycles. The number of aryl methyl sites for hydroxylation is 1. The summed E-state index contributed by atoms with van der Waals surface area (Å²) in [6.45, 7) is 0.323. The molecule has 3 rings (SSSR count). The Morgan fingerprint density at radius 1 is 1.28 bits per heavy atom. The van der Waals surface area contributed by atoms with Gasteiger partial charge in [0.1, 0.15) is 23.0 Å². The largest absolute Gasteiger partial charge is 0.393 e. The van der Waals surface area contributed by atoms with Crippen molar-refractivity contribution in [2.75, 3.05) is 19.3 Å². The van der Waals surface area contributed by atoms with E-state index >= 15 is 0 Å². The number of hydrogen-bond donors (Lipinski definition) is 1. The number of hydrogen-bond acceptors (Lipinski definition) is 6. The second-order valence-corrected chi connectivity index (χ2v) is 6.52. The van der Waals surface area contributed by atoms with E-state index < -0.39 is 22.3 Å². The molecule has 0 saturated carbocycles. The summed E-state index contributed by atoms with van der Waals surface area (Å²) in [7, 11) is 1.52. The highest BCUT2D eigenvalue weighted by Gasteiger charge is 2.23. The smallest absolute Gasteiger partial charge is 0.295 e. The van der Waals surface area contributed by atoms with Crippen molar-refractivity contribution < 1.29 is 18.6 Å². The molecule has 9 heteroatoms. The maximum atomic E-state index is 13.7. The number of amides is 1. The first-order chi connectivity index (χ1) is 13.9. The fourth-order valence-electron chi connectivity index (χ4n) is 2.91. The third kappa shape index (κ3) is 4.57. The van der Waals surface area contributed by atoms with Crippen LogP contribution in [0.15, 0.2) is 53.1 Å². The van der Waals surface area contributed by atoms with Gasteiger partial charge >= 0.3 is 0 Å². The van der Waals surface area contributed by atoms with E-state index in [1.54, 1.807) is 0 Å². The number of nitrogens with zero attached hydrogens (tertiary/aromatic N) is 3. The molecule has 2 N–H and O–H groups in total. The predicted molar refractivity (Wildman–Crippen MR) is 105 cm³/mol. The highest BCUT2D eigenvalue weighted by atomic mass is 19.1. The molecule has 150 valence electrons. The minimum absolute atomic E-state index is 0.231. The lowest BCUT2D eigenvalue weighted by atomic mass is 10.1. The van der Waals surface area contributed by atoms with Crippen LogP contribution >= 0.6 is 0 Å². The zero-order valence-electron chi connectivity index (χ0n) is 15.7. The summed E-state index contributed by atoms with van der Waals surface area (Å²) < 4.78 is 19.0. The Hall–Kier alpha value is -3.75. The van der Waals surface area contributed by atoms with Crippen LogP contribution in [0.25, 0.3) is 11.3 Å². The average Bonchev–Trinajstić information content (AvgIpc) is 3.18. The van der Waals surface area contributed by atoms with Crippen LogP contribution in [0.5, 0.6) is 0 Å².